The van der Waals surface area contributed by atoms with Crippen molar-refractivity contribution in [2.45, 2.75) is 7.43 Å². The van der Waals surface area contributed by atoms with Gasteiger partial charge in [-0.1, -0.05) is 7.43 Å². The Morgan fingerprint density at radius 2 is 0.600 bits per heavy atom. The molecule has 0 radical (unpaired) electrons. The summed E-state index contributed by atoms with van der Waals surface area (Å²) in [6, 6.07) is 0. The van der Waals surface area contributed by atoms with Crippen molar-refractivity contribution in [3.63, 3.8) is 0 Å². The summed E-state index contributed by atoms with van der Waals surface area (Å²) in [5.74, 6) is 0. The number of nitrogens with zero attached hydrogens (tertiary/aromatic N) is 4. The highest BCUT2D eigenvalue weighted by Gasteiger charge is 0.579. The van der Waals surface area contributed by atoms with Gasteiger partial charge in [0.15, 0.2) is 0 Å². The monoisotopic (exact) mass is 72.0 g/mol. The van der Waals surface area contributed by atoms with Crippen LogP contribution in [-0.2, 0) is 0 Å². The summed E-state index contributed by atoms with van der Waals surface area (Å²) < 4.78 is 0. The van der Waals surface area contributed by atoms with Crippen LogP contribution >= 0.6 is 0 Å². The van der Waals surface area contributed by atoms with Gasteiger partial charge in [-0.25, -0.2) is 0 Å². The molecule has 0 aliphatic rings. The SMILES string of the molecule is C.N#N.N#N. The van der Waals surface area contributed by atoms with Gasteiger partial charge in [0.1, 0.15) is 0 Å². The number of hydrogen-bond donors (Lipinski definition) is 0. The second kappa shape index (κ2) is 7.15. The smallest absolute Gasteiger partial charge is 0 e. The molecule has 0 spiro atoms. The number of hydrogen-bond acceptors (Lipinski definition) is 4. The van der Waals surface area contributed by atoms with E-state index in [0.29, 0.717) is 0 Å². The Morgan fingerprint density at radius 1 is 0.600 bits per heavy atom. The summed E-state index contributed by atoms with van der Waals surface area (Å²) >= 11 is 0. The Labute approximate surface area is 30.3 Å². The van der Waals surface area contributed by atoms with Crippen LogP contribution < -0.4 is 0 Å². The molecule has 0 saturated carbocycles. The molecule has 0 rings (SSSR count). The lowest BCUT2D eigenvalue weighted by Crippen LogP contribution is -0.562. The lowest BCUT2D eigenvalue weighted by Gasteiger charge is -0.577. The minimum atomic E-state index is 0. The molecule has 0 heterocycles. The fourth-order valence-electron chi connectivity index (χ4n) is 0. The summed E-state index contributed by atoms with van der Waals surface area (Å²) in [4.78, 5) is 0. The summed E-state index contributed by atoms with van der Waals surface area (Å²) in [5, 5.41) is 24.0. The molecule has 0 bridgehead atoms. The quantitative estimate of drug-likeness (QED) is 0.393. The summed E-state index contributed by atoms with van der Waals surface area (Å²) in [7, 11) is 0. The minimum absolute atomic E-state index is 0. The van der Waals surface area contributed by atoms with Gasteiger partial charge in [0.25, 0.3) is 0 Å². The summed E-state index contributed by atoms with van der Waals surface area (Å²) in [6.07, 6.45) is 0. The molecule has 0 unspecified atom stereocenters. The largest absolute Gasteiger partial charge is 0.0776 e. The van der Waals surface area contributed by atoms with Crippen LogP contribution in [0.15, 0.2) is 0 Å². The predicted octanol–water partition coefficient (Wildman–Crippen LogP) is 0.696. The van der Waals surface area contributed by atoms with Crippen molar-refractivity contribution in [2.24, 2.45) is 0 Å². The van der Waals surface area contributed by atoms with Crippen molar-refractivity contribution in [3.05, 3.63) is 0 Å². The molecule has 4 nitrogen and oxygen atoms in total. The van der Waals surface area contributed by atoms with Crippen LogP contribution in [-0.4, -0.2) is 0 Å². The van der Waals surface area contributed by atoms with Crippen molar-refractivity contribution in [1.82, 2.24) is 0 Å². The van der Waals surface area contributed by atoms with E-state index in [1.807, 2.05) is 0 Å². The van der Waals surface area contributed by atoms with Crippen molar-refractivity contribution in [2.75, 3.05) is 0 Å². The van der Waals surface area contributed by atoms with E-state index in [9.17, 15) is 0 Å². The highest BCUT2D eigenvalue weighted by molar-refractivity contribution is 2.50. The molecule has 0 aromatic rings. The maximum absolute atomic E-state index is 6.00. The zero-order valence-corrected chi connectivity index (χ0v) is 1.79. The van der Waals surface area contributed by atoms with E-state index in [1.165, 1.54) is 0 Å². The van der Waals surface area contributed by atoms with Gasteiger partial charge in [0.2, 0.25) is 0 Å². The first-order chi connectivity index (χ1) is 2.00. The molecule has 0 aromatic heterocycles. The van der Waals surface area contributed by atoms with E-state index in [4.69, 9.17) is 21.6 Å². The minimum Gasteiger partial charge on any atom is -0.0776 e. The third-order valence-electron chi connectivity index (χ3n) is 0. The Morgan fingerprint density at radius 3 is 0.600 bits per heavy atom. The Bertz CT molecular complexity index is 19.1. The molecule has 28 valence electrons. The molecule has 0 aliphatic heterocycles. The first-order valence-electron chi connectivity index (χ1n) is 0.400. The van der Waals surface area contributed by atoms with Gasteiger partial charge in [-0.15, -0.1) is 0 Å². The molecule has 0 aromatic carbocycles. The molecule has 0 amide bonds. The maximum Gasteiger partial charge on any atom is 0 e. The second-order valence-corrected chi connectivity index (χ2v) is 0. The van der Waals surface area contributed by atoms with Crippen LogP contribution in [0.3, 0.4) is 0 Å². The maximum atomic E-state index is 6.00. The van der Waals surface area contributed by atoms with Crippen LogP contribution in [0.2, 0.25) is 0 Å². The van der Waals surface area contributed by atoms with Gasteiger partial charge < -0.3 is 0 Å². The summed E-state index contributed by atoms with van der Waals surface area (Å²) in [6.45, 7) is 0. The standard InChI is InChI=1S/CH4.2N2/c;2*1-2/h1H4;;. The Kier molecular flexibility index (Phi) is 62.7. The molecule has 5 heavy (non-hydrogen) atoms. The van der Waals surface area contributed by atoms with Crippen LogP contribution in [0.4, 0.5) is 0 Å². The lowest BCUT2D eigenvalue weighted by atomic mass is 12.0. The number of rotatable bonds is 0. The van der Waals surface area contributed by atoms with Gasteiger partial charge in [-0.3, -0.25) is 0 Å². The fourth-order valence-corrected chi connectivity index (χ4v) is 0. The van der Waals surface area contributed by atoms with Gasteiger partial charge >= 0.3 is 0 Å². The highest BCUT2D eigenvalue weighted by atomic mass is 14.6. The van der Waals surface area contributed by atoms with E-state index in [1.54, 1.807) is 0 Å². The predicted molar refractivity (Wildman–Crippen MR) is 13.6 cm³/mol. The third kappa shape index (κ3) is 1.49. The average molecular weight is 72.1 g/mol. The molecule has 4 heteroatoms. The van der Waals surface area contributed by atoms with E-state index >= 15 is 0 Å². The van der Waals surface area contributed by atoms with E-state index in [-0.39, 0.29) is 7.43 Å². The van der Waals surface area contributed by atoms with Crippen LogP contribution in [0.1, 0.15) is 7.43 Å². The first kappa shape index (κ1) is 43.9. The lowest BCUT2D eigenvalue weighted by molar-refractivity contribution is 1.15. The van der Waals surface area contributed by atoms with Crippen molar-refractivity contribution >= 4 is 0 Å². The third-order valence-corrected chi connectivity index (χ3v) is 0. The molecule has 0 aliphatic carbocycles. The zero-order valence-electron chi connectivity index (χ0n) is 1.79. The topological polar surface area (TPSA) is 95.2 Å². The van der Waals surface area contributed by atoms with Crippen molar-refractivity contribution in [3.8, 4) is 0 Å². The van der Waals surface area contributed by atoms with Gasteiger partial charge in [0, 0.05) is 21.6 Å². The van der Waals surface area contributed by atoms with Crippen molar-refractivity contribution in [1.29, 1.82) is 21.6 Å². The molecule has 0 saturated heterocycles. The van der Waals surface area contributed by atoms with Gasteiger partial charge in [0.05, 0.1) is 0 Å². The van der Waals surface area contributed by atoms with Crippen LogP contribution in [0.25, 0.3) is 0 Å². The van der Waals surface area contributed by atoms with Gasteiger partial charge in [-0.05, 0) is 0 Å². The average Bonchev–Trinajstić information content (AvgIpc) is 1.50. The van der Waals surface area contributed by atoms with E-state index in [2.05, 4.69) is 0 Å². The Balaban J connectivity index is -0.0000000133. The Hall–Kier alpha value is -1.16. The normalized spacial score (nSPS) is 0.800. The first-order valence-corrected chi connectivity index (χ1v) is 0.400. The van der Waals surface area contributed by atoms with E-state index < -0.39 is 0 Å². The van der Waals surface area contributed by atoms with E-state index in [0.717, 1.165) is 0 Å². The van der Waals surface area contributed by atoms with Crippen molar-refractivity contribution < 1.29 is 0 Å². The van der Waals surface area contributed by atoms with Crippen LogP contribution in [0.5, 0.6) is 0 Å². The zero-order chi connectivity index (χ0) is 4.00. The summed E-state index contributed by atoms with van der Waals surface area (Å²) in [5.41, 5.74) is 0. The molecular weight excluding hydrogens is 68.0 g/mol. The molecular formula is CH4N4. The second-order valence-electron chi connectivity index (χ2n) is 0. The highest BCUT2D eigenvalue weighted by Crippen LogP contribution is 0.594. The van der Waals surface area contributed by atoms with Gasteiger partial charge in [-0.2, -0.15) is 0 Å². The molecule has 0 fully saturated rings. The molecule has 0 N–H and O–H groups in total. The molecule has 0 atom stereocenters. The van der Waals surface area contributed by atoms with Crippen LogP contribution in [0, 0.1) is 21.6 Å². The fraction of sp³-hybridized carbons (Fsp3) is 1.00.